The Morgan fingerprint density at radius 3 is 2.55 bits per heavy atom. The molecule has 0 saturated heterocycles. The number of hydrogen-bond donors (Lipinski definition) is 1. The second-order valence-electron chi connectivity index (χ2n) is 4.49. The number of benzene rings is 1. The molecule has 102 valence electrons. The highest BCUT2D eigenvalue weighted by Crippen LogP contribution is 2.11. The Morgan fingerprint density at radius 1 is 1.15 bits per heavy atom. The van der Waals surface area contributed by atoms with E-state index in [0.29, 0.717) is 29.7 Å². The fourth-order valence-electron chi connectivity index (χ4n) is 2.12. The van der Waals surface area contributed by atoms with Crippen LogP contribution in [0, 0.1) is 5.82 Å². The minimum atomic E-state index is -0.221. The summed E-state index contributed by atoms with van der Waals surface area (Å²) in [5.74, 6) is -0.221. The van der Waals surface area contributed by atoms with E-state index in [1.54, 1.807) is 24.3 Å². The first-order valence-corrected chi connectivity index (χ1v) is 6.40. The number of hydrogen-bond acceptors (Lipinski definition) is 1. The Morgan fingerprint density at radius 2 is 1.90 bits per heavy atom. The lowest BCUT2D eigenvalue weighted by Gasteiger charge is -2.07. The summed E-state index contributed by atoms with van der Waals surface area (Å²) in [7, 11) is 0. The van der Waals surface area contributed by atoms with Gasteiger partial charge in [0.2, 0.25) is 0 Å². The highest BCUT2D eigenvalue weighted by Gasteiger charge is 2.06. The molecule has 0 aliphatic rings. The standard InChI is InChI=1S/C17H16FNO/c1-3-14-16(4-2)19-13(11-17(14)20)10-9-12-7-5-6-8-15(12)18/h3-8,11H,1-2,9-10H2,(H,19,20). The number of nitrogens with one attached hydrogen (secondary N) is 1. The normalized spacial score (nSPS) is 10.2. The van der Waals surface area contributed by atoms with Crippen LogP contribution in [0.2, 0.25) is 0 Å². The summed E-state index contributed by atoms with van der Waals surface area (Å²) in [6.45, 7) is 7.29. The number of pyridine rings is 1. The van der Waals surface area contributed by atoms with Gasteiger partial charge in [0, 0.05) is 23.0 Å². The maximum Gasteiger partial charge on any atom is 0.189 e. The molecule has 2 aromatic rings. The summed E-state index contributed by atoms with van der Waals surface area (Å²) in [5, 5.41) is 0. The van der Waals surface area contributed by atoms with Crippen LogP contribution in [-0.4, -0.2) is 4.98 Å². The van der Waals surface area contributed by atoms with Gasteiger partial charge in [-0.2, -0.15) is 0 Å². The molecule has 0 atom stereocenters. The van der Waals surface area contributed by atoms with Crippen LogP contribution in [0.1, 0.15) is 22.5 Å². The molecule has 0 saturated carbocycles. The molecule has 2 rings (SSSR count). The predicted molar refractivity (Wildman–Crippen MR) is 81.1 cm³/mol. The van der Waals surface area contributed by atoms with E-state index in [2.05, 4.69) is 18.1 Å². The Kier molecular flexibility index (Phi) is 4.31. The lowest BCUT2D eigenvalue weighted by atomic mass is 10.1. The SMILES string of the molecule is C=Cc1[nH]c(CCc2ccccc2F)cc(=O)c1C=C. The summed E-state index contributed by atoms with van der Waals surface area (Å²) < 4.78 is 13.5. The van der Waals surface area contributed by atoms with Gasteiger partial charge in [0.15, 0.2) is 5.43 Å². The molecule has 1 aromatic heterocycles. The van der Waals surface area contributed by atoms with Crippen LogP contribution in [0.4, 0.5) is 4.39 Å². The van der Waals surface area contributed by atoms with Crippen molar-refractivity contribution in [3.05, 3.63) is 82.0 Å². The summed E-state index contributed by atoms with van der Waals surface area (Å²) >= 11 is 0. The van der Waals surface area contributed by atoms with Crippen molar-refractivity contribution in [1.82, 2.24) is 4.98 Å². The van der Waals surface area contributed by atoms with Crippen LogP contribution in [0.5, 0.6) is 0 Å². The zero-order valence-electron chi connectivity index (χ0n) is 11.2. The third kappa shape index (κ3) is 2.94. The van der Waals surface area contributed by atoms with Gasteiger partial charge in [-0.1, -0.05) is 37.4 Å². The maximum atomic E-state index is 13.5. The molecule has 0 fully saturated rings. The Bertz CT molecular complexity index is 700. The number of halogens is 1. The molecule has 0 aliphatic heterocycles. The van der Waals surface area contributed by atoms with E-state index in [1.165, 1.54) is 18.2 Å². The van der Waals surface area contributed by atoms with Gasteiger partial charge in [0.05, 0.1) is 0 Å². The first kappa shape index (κ1) is 14.0. The van der Waals surface area contributed by atoms with Crippen molar-refractivity contribution >= 4 is 12.2 Å². The minimum Gasteiger partial charge on any atom is -0.358 e. The first-order valence-electron chi connectivity index (χ1n) is 6.40. The Balaban J connectivity index is 2.25. The van der Waals surface area contributed by atoms with E-state index in [0.717, 1.165) is 5.69 Å². The van der Waals surface area contributed by atoms with Crippen molar-refractivity contribution in [2.75, 3.05) is 0 Å². The molecular formula is C17H16FNO. The molecule has 0 aliphatic carbocycles. The van der Waals surface area contributed by atoms with Gasteiger partial charge >= 0.3 is 0 Å². The molecular weight excluding hydrogens is 253 g/mol. The lowest BCUT2D eigenvalue weighted by Crippen LogP contribution is -2.11. The molecule has 1 N–H and O–H groups in total. The van der Waals surface area contributed by atoms with Crippen molar-refractivity contribution in [3.8, 4) is 0 Å². The molecule has 0 bridgehead atoms. The summed E-state index contributed by atoms with van der Waals surface area (Å²) in [6, 6.07) is 8.19. The molecule has 1 aromatic carbocycles. The summed E-state index contributed by atoms with van der Waals surface area (Å²) in [5.41, 5.74) is 2.46. The lowest BCUT2D eigenvalue weighted by molar-refractivity contribution is 0.608. The number of aryl methyl sites for hydroxylation is 2. The molecule has 0 unspecified atom stereocenters. The van der Waals surface area contributed by atoms with Gasteiger partial charge in [0.1, 0.15) is 5.82 Å². The number of aromatic nitrogens is 1. The van der Waals surface area contributed by atoms with Crippen LogP contribution >= 0.6 is 0 Å². The predicted octanol–water partition coefficient (Wildman–Crippen LogP) is 3.59. The highest BCUT2D eigenvalue weighted by atomic mass is 19.1. The van der Waals surface area contributed by atoms with Crippen molar-refractivity contribution in [2.45, 2.75) is 12.8 Å². The summed E-state index contributed by atoms with van der Waals surface area (Å²) in [4.78, 5) is 15.0. The van der Waals surface area contributed by atoms with Gasteiger partial charge in [-0.15, -0.1) is 0 Å². The quantitative estimate of drug-likeness (QED) is 0.884. The van der Waals surface area contributed by atoms with E-state index < -0.39 is 0 Å². The van der Waals surface area contributed by atoms with E-state index in [4.69, 9.17) is 0 Å². The van der Waals surface area contributed by atoms with E-state index >= 15 is 0 Å². The highest BCUT2D eigenvalue weighted by molar-refractivity contribution is 5.60. The van der Waals surface area contributed by atoms with Crippen molar-refractivity contribution in [2.24, 2.45) is 0 Å². The van der Waals surface area contributed by atoms with Gasteiger partial charge in [0.25, 0.3) is 0 Å². The minimum absolute atomic E-state index is 0.0998. The third-order valence-electron chi connectivity index (χ3n) is 3.19. The zero-order valence-corrected chi connectivity index (χ0v) is 11.2. The van der Waals surface area contributed by atoms with Crippen LogP contribution in [0.15, 0.2) is 48.3 Å². The number of aromatic amines is 1. The van der Waals surface area contributed by atoms with Crippen molar-refractivity contribution in [3.63, 3.8) is 0 Å². The summed E-state index contributed by atoms with van der Waals surface area (Å²) in [6.07, 6.45) is 4.20. The fraction of sp³-hybridized carbons (Fsp3) is 0.118. The van der Waals surface area contributed by atoms with Gasteiger partial charge < -0.3 is 4.98 Å². The third-order valence-corrected chi connectivity index (χ3v) is 3.19. The van der Waals surface area contributed by atoms with E-state index in [9.17, 15) is 9.18 Å². The molecule has 2 nitrogen and oxygen atoms in total. The van der Waals surface area contributed by atoms with Crippen molar-refractivity contribution < 1.29 is 4.39 Å². The fourth-order valence-corrected chi connectivity index (χ4v) is 2.12. The van der Waals surface area contributed by atoms with E-state index in [1.807, 2.05) is 0 Å². The Hall–Kier alpha value is -2.42. The molecule has 0 radical (unpaired) electrons. The second-order valence-corrected chi connectivity index (χ2v) is 4.49. The zero-order chi connectivity index (χ0) is 14.5. The monoisotopic (exact) mass is 269 g/mol. The smallest absolute Gasteiger partial charge is 0.189 e. The average molecular weight is 269 g/mol. The van der Waals surface area contributed by atoms with Gasteiger partial charge in [-0.25, -0.2) is 4.39 Å². The molecule has 0 amide bonds. The molecule has 20 heavy (non-hydrogen) atoms. The number of rotatable bonds is 5. The van der Waals surface area contributed by atoms with Gasteiger partial charge in [-0.3, -0.25) is 4.79 Å². The van der Waals surface area contributed by atoms with Crippen LogP contribution in [0.25, 0.3) is 12.2 Å². The molecule has 1 heterocycles. The topological polar surface area (TPSA) is 32.9 Å². The largest absolute Gasteiger partial charge is 0.358 e. The molecule has 0 spiro atoms. The Labute approximate surface area is 117 Å². The first-order chi connectivity index (χ1) is 9.65. The van der Waals surface area contributed by atoms with E-state index in [-0.39, 0.29) is 11.2 Å². The average Bonchev–Trinajstić information content (AvgIpc) is 2.45. The van der Waals surface area contributed by atoms with Crippen LogP contribution in [0.3, 0.4) is 0 Å². The molecule has 3 heteroatoms. The number of H-pyrrole nitrogens is 1. The van der Waals surface area contributed by atoms with Gasteiger partial charge in [-0.05, 0) is 30.5 Å². The van der Waals surface area contributed by atoms with Crippen LogP contribution < -0.4 is 5.43 Å². The van der Waals surface area contributed by atoms with Crippen LogP contribution in [-0.2, 0) is 12.8 Å². The maximum absolute atomic E-state index is 13.5. The second kappa shape index (κ2) is 6.15. The van der Waals surface area contributed by atoms with Crippen molar-refractivity contribution in [1.29, 1.82) is 0 Å².